The predicted octanol–water partition coefficient (Wildman–Crippen LogP) is 5.33. The van der Waals surface area contributed by atoms with Crippen LogP contribution in [0, 0.1) is 6.92 Å². The summed E-state index contributed by atoms with van der Waals surface area (Å²) >= 11 is 7.49. The van der Waals surface area contributed by atoms with Crippen molar-refractivity contribution >= 4 is 45.3 Å². The average molecular weight is 495 g/mol. The molecule has 0 unspecified atom stereocenters. The van der Waals surface area contributed by atoms with Crippen molar-refractivity contribution in [3.05, 3.63) is 39.9 Å². The first-order valence-corrected chi connectivity index (χ1v) is 11.5. The minimum Gasteiger partial charge on any atom is -0.467 e. The minimum atomic E-state index is -0.687. The van der Waals surface area contributed by atoms with Crippen LogP contribution in [0.15, 0.2) is 22.8 Å². The Bertz CT molecular complexity index is 1140. The monoisotopic (exact) mass is 494 g/mol. The Labute approximate surface area is 201 Å². The summed E-state index contributed by atoms with van der Waals surface area (Å²) in [6.07, 6.45) is 0.999. The molecule has 33 heavy (non-hydrogen) atoms. The van der Waals surface area contributed by atoms with Crippen LogP contribution < -0.4 is 10.1 Å². The molecule has 0 saturated heterocycles. The van der Waals surface area contributed by atoms with Gasteiger partial charge in [-0.05, 0) is 63.9 Å². The van der Waals surface area contributed by atoms with Crippen LogP contribution in [0.3, 0.4) is 0 Å². The second-order valence-corrected chi connectivity index (χ2v) is 10.0. The molecule has 0 aliphatic rings. The van der Waals surface area contributed by atoms with Crippen LogP contribution >= 0.6 is 22.9 Å². The second-order valence-electron chi connectivity index (χ2n) is 8.59. The summed E-state index contributed by atoms with van der Waals surface area (Å²) in [6.45, 7) is 9.51. The molecule has 3 heterocycles. The van der Waals surface area contributed by atoms with E-state index in [4.69, 9.17) is 25.5 Å². The minimum absolute atomic E-state index is 0.0253. The van der Waals surface area contributed by atoms with Crippen molar-refractivity contribution in [2.75, 3.05) is 7.05 Å². The molecule has 2 amide bonds. The predicted molar refractivity (Wildman–Crippen MR) is 126 cm³/mol. The number of likely N-dealkylation sites (N-methyl/N-ethyl adjacent to an activating group) is 1. The van der Waals surface area contributed by atoms with Crippen LogP contribution in [0.25, 0.3) is 10.2 Å². The van der Waals surface area contributed by atoms with E-state index < -0.39 is 17.8 Å². The number of furan rings is 1. The van der Waals surface area contributed by atoms with E-state index in [0.717, 1.165) is 10.4 Å². The molecule has 3 aromatic rings. The van der Waals surface area contributed by atoms with Crippen molar-refractivity contribution < 1.29 is 23.5 Å². The van der Waals surface area contributed by atoms with Crippen LogP contribution in [0.5, 0.6) is 5.88 Å². The fraction of sp³-hybridized carbons (Fsp3) is 0.455. The lowest BCUT2D eigenvalue weighted by Crippen LogP contribution is -2.40. The zero-order chi connectivity index (χ0) is 24.3. The molecule has 0 fully saturated rings. The number of nitrogens with one attached hydrogen (secondary N) is 1. The van der Waals surface area contributed by atoms with Gasteiger partial charge in [0.2, 0.25) is 11.2 Å². The van der Waals surface area contributed by atoms with Crippen molar-refractivity contribution in [3.8, 4) is 5.88 Å². The molecular weight excluding hydrogens is 468 g/mol. The van der Waals surface area contributed by atoms with E-state index in [2.05, 4.69) is 15.3 Å². The number of aryl methyl sites for hydroxylation is 1. The number of aromatic nitrogens is 2. The van der Waals surface area contributed by atoms with E-state index in [9.17, 15) is 9.59 Å². The molecule has 0 spiro atoms. The van der Waals surface area contributed by atoms with Crippen molar-refractivity contribution in [2.24, 2.45) is 0 Å². The Kier molecular flexibility index (Phi) is 7.48. The number of carbonyl (C=O) groups is 2. The smallest absolute Gasteiger partial charge is 0.414 e. The molecular formula is C22H27ClN4O5S. The van der Waals surface area contributed by atoms with Gasteiger partial charge in [-0.1, -0.05) is 0 Å². The van der Waals surface area contributed by atoms with Crippen molar-refractivity contribution in [3.63, 3.8) is 0 Å². The van der Waals surface area contributed by atoms with Crippen LogP contribution in [0.1, 0.15) is 43.9 Å². The second kappa shape index (κ2) is 9.96. The summed E-state index contributed by atoms with van der Waals surface area (Å²) in [5.41, 5.74) is 0.926. The summed E-state index contributed by atoms with van der Waals surface area (Å²) in [5, 5.41) is 2.58. The van der Waals surface area contributed by atoms with Gasteiger partial charge in [0.15, 0.2) is 0 Å². The highest BCUT2D eigenvalue weighted by atomic mass is 35.5. The first-order valence-electron chi connectivity index (χ1n) is 10.3. The number of hydrogen-bond donors (Lipinski definition) is 1. The number of thiophene rings is 1. The summed E-state index contributed by atoms with van der Waals surface area (Å²) in [6, 6.07) is 3.33. The van der Waals surface area contributed by atoms with E-state index >= 15 is 0 Å². The maximum absolute atomic E-state index is 12.4. The lowest BCUT2D eigenvalue weighted by Gasteiger charge is -2.28. The number of carbonyl (C=O) groups excluding carboxylic acids is 2. The third kappa shape index (κ3) is 6.35. The molecule has 3 rings (SSSR count). The molecule has 0 bridgehead atoms. The highest BCUT2D eigenvalue weighted by Gasteiger charge is 2.25. The molecule has 1 N–H and O–H groups in total. The summed E-state index contributed by atoms with van der Waals surface area (Å²) in [4.78, 5) is 35.6. The molecule has 0 radical (unpaired) electrons. The standard InChI is InChI=1S/C22H27ClN4O5S/c1-12(27(6)21(29)32-22(3,4)5)10-15-13(2)16-17(33-15)18(26-19(23)25-16)31-20(28)24-11-14-8-7-9-30-14/h7-9,12H,10-11H2,1-6H3,(H,24,28)/t12-/m0/s1. The highest BCUT2D eigenvalue weighted by Crippen LogP contribution is 2.37. The van der Waals surface area contributed by atoms with Gasteiger partial charge in [-0.2, -0.15) is 4.98 Å². The summed E-state index contributed by atoms with van der Waals surface area (Å²) < 4.78 is 16.7. The van der Waals surface area contributed by atoms with Crippen molar-refractivity contribution in [1.29, 1.82) is 0 Å². The molecule has 178 valence electrons. The van der Waals surface area contributed by atoms with Crippen molar-refractivity contribution in [1.82, 2.24) is 20.2 Å². The molecule has 0 aromatic carbocycles. The van der Waals surface area contributed by atoms with E-state index in [0.29, 0.717) is 22.4 Å². The fourth-order valence-electron chi connectivity index (χ4n) is 2.96. The highest BCUT2D eigenvalue weighted by molar-refractivity contribution is 7.19. The van der Waals surface area contributed by atoms with Crippen LogP contribution in [-0.4, -0.2) is 45.7 Å². The number of amides is 2. The first kappa shape index (κ1) is 24.8. The van der Waals surface area contributed by atoms with Gasteiger partial charge in [0.1, 0.15) is 16.1 Å². The Morgan fingerprint density at radius 1 is 1.33 bits per heavy atom. The fourth-order valence-corrected chi connectivity index (χ4v) is 4.41. The van der Waals surface area contributed by atoms with Gasteiger partial charge in [0, 0.05) is 24.4 Å². The van der Waals surface area contributed by atoms with Gasteiger partial charge in [-0.3, -0.25) is 0 Å². The van der Waals surface area contributed by atoms with Gasteiger partial charge in [-0.15, -0.1) is 11.3 Å². The van der Waals surface area contributed by atoms with Gasteiger partial charge < -0.3 is 24.1 Å². The van der Waals surface area contributed by atoms with E-state index in [1.807, 2.05) is 34.6 Å². The largest absolute Gasteiger partial charge is 0.467 e. The zero-order valence-electron chi connectivity index (χ0n) is 19.4. The number of rotatable bonds is 6. The zero-order valence-corrected chi connectivity index (χ0v) is 21.0. The molecule has 3 aromatic heterocycles. The normalized spacial score (nSPS) is 12.5. The van der Waals surface area contributed by atoms with E-state index in [1.165, 1.54) is 17.6 Å². The molecule has 9 nitrogen and oxygen atoms in total. The SMILES string of the molecule is Cc1c(C[C@H](C)N(C)C(=O)OC(C)(C)C)sc2c(OC(=O)NCc3ccco3)nc(Cl)nc12. The van der Waals surface area contributed by atoms with E-state index in [-0.39, 0.29) is 23.8 Å². The third-order valence-corrected chi connectivity index (χ3v) is 6.27. The topological polar surface area (TPSA) is 107 Å². The number of fused-ring (bicyclic) bond motifs is 1. The number of ether oxygens (including phenoxy) is 2. The average Bonchev–Trinajstić information content (AvgIpc) is 3.34. The molecule has 0 saturated carbocycles. The number of halogens is 1. The number of hydrogen-bond acceptors (Lipinski definition) is 8. The molecule has 11 heteroatoms. The Morgan fingerprint density at radius 3 is 2.70 bits per heavy atom. The van der Waals surface area contributed by atoms with Gasteiger partial charge in [0.25, 0.3) is 0 Å². The molecule has 0 aliphatic carbocycles. The van der Waals surface area contributed by atoms with Crippen molar-refractivity contribution in [2.45, 2.75) is 59.2 Å². The first-order chi connectivity index (χ1) is 15.4. The Balaban J connectivity index is 1.77. The molecule has 1 atom stereocenters. The Hall–Kier alpha value is -2.85. The van der Waals surface area contributed by atoms with Gasteiger partial charge >= 0.3 is 12.2 Å². The van der Waals surface area contributed by atoms with Crippen LogP contribution in [0.2, 0.25) is 5.28 Å². The molecule has 0 aliphatic heterocycles. The summed E-state index contributed by atoms with van der Waals surface area (Å²) in [7, 11) is 1.70. The Morgan fingerprint density at radius 2 is 2.06 bits per heavy atom. The number of nitrogens with zero attached hydrogens (tertiary/aromatic N) is 3. The quantitative estimate of drug-likeness (QED) is 0.461. The van der Waals surface area contributed by atoms with Crippen LogP contribution in [-0.2, 0) is 17.7 Å². The van der Waals surface area contributed by atoms with Gasteiger partial charge in [0.05, 0.1) is 18.3 Å². The summed E-state index contributed by atoms with van der Waals surface area (Å²) in [5.74, 6) is 0.671. The van der Waals surface area contributed by atoms with Crippen LogP contribution in [0.4, 0.5) is 9.59 Å². The lowest BCUT2D eigenvalue weighted by molar-refractivity contribution is 0.0236. The maximum Gasteiger partial charge on any atom is 0.414 e. The van der Waals surface area contributed by atoms with Gasteiger partial charge in [-0.25, -0.2) is 14.6 Å². The lowest BCUT2D eigenvalue weighted by atomic mass is 10.1. The maximum atomic E-state index is 12.4. The van der Waals surface area contributed by atoms with E-state index in [1.54, 1.807) is 24.1 Å². The third-order valence-electron chi connectivity index (χ3n) is 4.81.